The second kappa shape index (κ2) is 6.87. The summed E-state index contributed by atoms with van der Waals surface area (Å²) in [5.41, 5.74) is 0.960. The molecule has 0 saturated carbocycles. The molecule has 1 aliphatic rings. The Hall–Kier alpha value is -1.95. The molecule has 22 heavy (non-hydrogen) atoms. The molecule has 0 aromatic carbocycles. The first-order valence-electron chi connectivity index (χ1n) is 7.93. The van der Waals surface area contributed by atoms with Crippen LogP contribution in [-0.2, 0) is 11.3 Å². The van der Waals surface area contributed by atoms with Crippen LogP contribution in [0.15, 0.2) is 24.7 Å². The molecule has 6 heteroatoms. The predicted octanol–water partition coefficient (Wildman–Crippen LogP) is 2.58. The molecule has 1 N–H and O–H groups in total. The third kappa shape index (κ3) is 3.27. The van der Waals surface area contributed by atoms with Crippen molar-refractivity contribution in [3.8, 4) is 0 Å². The van der Waals surface area contributed by atoms with E-state index in [2.05, 4.69) is 31.8 Å². The summed E-state index contributed by atoms with van der Waals surface area (Å²) < 4.78 is 7.69. The maximum absolute atomic E-state index is 5.51. The van der Waals surface area contributed by atoms with Crippen molar-refractivity contribution in [1.82, 2.24) is 19.5 Å². The number of rotatable bonds is 5. The largest absolute Gasteiger partial charge is 0.381 e. The molecule has 1 atom stereocenters. The summed E-state index contributed by atoms with van der Waals surface area (Å²) in [6.07, 6.45) is 7.74. The van der Waals surface area contributed by atoms with Crippen molar-refractivity contribution in [3.05, 3.63) is 36.2 Å². The Morgan fingerprint density at radius 3 is 2.86 bits per heavy atom. The quantitative estimate of drug-likeness (QED) is 0.919. The van der Waals surface area contributed by atoms with Crippen LogP contribution in [0.2, 0.25) is 0 Å². The van der Waals surface area contributed by atoms with E-state index in [0.717, 1.165) is 44.1 Å². The normalized spacial score (nSPS) is 17.4. The number of imidazole rings is 1. The molecule has 1 aliphatic heterocycles. The predicted molar refractivity (Wildman–Crippen MR) is 84.6 cm³/mol. The molecular weight excluding hydrogens is 278 g/mol. The fraction of sp³-hybridized carbons (Fsp3) is 0.562. The molecule has 0 aliphatic carbocycles. The lowest BCUT2D eigenvalue weighted by atomic mass is 9.91. The summed E-state index contributed by atoms with van der Waals surface area (Å²) in [5.74, 6) is 2.20. The molecule has 0 spiro atoms. The average Bonchev–Trinajstić information content (AvgIpc) is 3.02. The lowest BCUT2D eigenvalue weighted by molar-refractivity contribution is 0.0593. The van der Waals surface area contributed by atoms with E-state index in [4.69, 9.17) is 4.74 Å². The molecule has 118 valence electrons. The number of hydrogen-bond donors (Lipinski definition) is 1. The van der Waals surface area contributed by atoms with Crippen LogP contribution in [0.4, 0.5) is 5.95 Å². The van der Waals surface area contributed by atoms with Crippen LogP contribution >= 0.6 is 0 Å². The molecule has 0 amide bonds. The van der Waals surface area contributed by atoms with Crippen LogP contribution in [0.1, 0.15) is 37.3 Å². The van der Waals surface area contributed by atoms with Crippen molar-refractivity contribution in [2.75, 3.05) is 18.5 Å². The van der Waals surface area contributed by atoms with Crippen molar-refractivity contribution in [1.29, 1.82) is 0 Å². The average molecular weight is 301 g/mol. The topological polar surface area (TPSA) is 64.9 Å². The zero-order valence-corrected chi connectivity index (χ0v) is 13.2. The summed E-state index contributed by atoms with van der Waals surface area (Å²) in [4.78, 5) is 13.4. The van der Waals surface area contributed by atoms with E-state index < -0.39 is 0 Å². The first kappa shape index (κ1) is 15.0. The maximum atomic E-state index is 5.51. The number of nitrogens with one attached hydrogen (secondary N) is 1. The lowest BCUT2D eigenvalue weighted by Gasteiger charge is -2.30. The highest BCUT2D eigenvalue weighted by molar-refractivity contribution is 5.29. The van der Waals surface area contributed by atoms with Gasteiger partial charge in [0.15, 0.2) is 0 Å². The van der Waals surface area contributed by atoms with Gasteiger partial charge in [0.25, 0.3) is 0 Å². The Balaban J connectivity index is 1.88. The van der Waals surface area contributed by atoms with Gasteiger partial charge in [0, 0.05) is 44.0 Å². The van der Waals surface area contributed by atoms with Gasteiger partial charge < -0.3 is 14.6 Å². The summed E-state index contributed by atoms with van der Waals surface area (Å²) in [5, 5.41) is 3.51. The second-order valence-electron chi connectivity index (χ2n) is 5.66. The molecule has 1 unspecified atom stereocenters. The molecule has 0 bridgehead atoms. The molecular formula is C16H23N5O. The summed E-state index contributed by atoms with van der Waals surface area (Å²) in [7, 11) is 0. The Morgan fingerprint density at radius 2 is 2.14 bits per heavy atom. The molecule has 6 nitrogen and oxygen atoms in total. The number of ether oxygens (including phenoxy) is 1. The van der Waals surface area contributed by atoms with Crippen LogP contribution < -0.4 is 5.32 Å². The SMILES string of the molecule is CCn1ccnc1C(Nc1nccc(C)n1)C1CCOCC1. The van der Waals surface area contributed by atoms with Gasteiger partial charge in [-0.1, -0.05) is 0 Å². The number of hydrogen-bond acceptors (Lipinski definition) is 5. The number of anilines is 1. The Bertz CT molecular complexity index is 606. The fourth-order valence-corrected chi connectivity index (χ4v) is 2.97. The first-order valence-corrected chi connectivity index (χ1v) is 7.93. The molecule has 1 fully saturated rings. The molecule has 2 aromatic heterocycles. The summed E-state index contributed by atoms with van der Waals surface area (Å²) >= 11 is 0. The minimum absolute atomic E-state index is 0.112. The Labute approximate surface area is 131 Å². The highest BCUT2D eigenvalue weighted by Crippen LogP contribution is 2.31. The number of aromatic nitrogens is 4. The van der Waals surface area contributed by atoms with Gasteiger partial charge in [0.1, 0.15) is 5.82 Å². The maximum Gasteiger partial charge on any atom is 0.223 e. The van der Waals surface area contributed by atoms with E-state index >= 15 is 0 Å². The third-order valence-electron chi connectivity index (χ3n) is 4.18. The Kier molecular flexibility index (Phi) is 4.68. The van der Waals surface area contributed by atoms with Crippen molar-refractivity contribution < 1.29 is 4.74 Å². The number of aryl methyl sites for hydroxylation is 2. The second-order valence-corrected chi connectivity index (χ2v) is 5.66. The van der Waals surface area contributed by atoms with Crippen LogP contribution in [0, 0.1) is 12.8 Å². The van der Waals surface area contributed by atoms with Gasteiger partial charge >= 0.3 is 0 Å². The Morgan fingerprint density at radius 1 is 1.32 bits per heavy atom. The van der Waals surface area contributed by atoms with Gasteiger partial charge in [-0.15, -0.1) is 0 Å². The minimum Gasteiger partial charge on any atom is -0.381 e. The molecule has 1 saturated heterocycles. The van der Waals surface area contributed by atoms with Gasteiger partial charge in [-0.3, -0.25) is 0 Å². The van der Waals surface area contributed by atoms with Gasteiger partial charge in [-0.25, -0.2) is 15.0 Å². The smallest absolute Gasteiger partial charge is 0.223 e. The van der Waals surface area contributed by atoms with E-state index in [1.807, 2.05) is 25.4 Å². The zero-order valence-electron chi connectivity index (χ0n) is 13.2. The standard InChI is InChI=1S/C16H23N5O/c1-3-21-9-8-17-15(21)14(13-5-10-22-11-6-13)20-16-18-7-4-12(2)19-16/h4,7-9,13-14H,3,5-6,10-11H2,1-2H3,(H,18,19,20). The van der Waals surface area contributed by atoms with E-state index in [1.54, 1.807) is 6.20 Å². The summed E-state index contributed by atoms with van der Waals surface area (Å²) in [6, 6.07) is 2.02. The van der Waals surface area contributed by atoms with E-state index in [1.165, 1.54) is 0 Å². The number of nitrogens with zero attached hydrogens (tertiary/aromatic N) is 4. The molecule has 3 rings (SSSR count). The van der Waals surface area contributed by atoms with Crippen LogP contribution in [0.5, 0.6) is 0 Å². The van der Waals surface area contributed by atoms with Gasteiger partial charge in [0.2, 0.25) is 5.95 Å². The van der Waals surface area contributed by atoms with Crippen molar-refractivity contribution >= 4 is 5.95 Å². The van der Waals surface area contributed by atoms with Crippen LogP contribution in [0.25, 0.3) is 0 Å². The van der Waals surface area contributed by atoms with Gasteiger partial charge in [-0.05, 0) is 38.7 Å². The van der Waals surface area contributed by atoms with E-state index in [9.17, 15) is 0 Å². The van der Waals surface area contributed by atoms with Crippen LogP contribution in [-0.4, -0.2) is 32.7 Å². The lowest BCUT2D eigenvalue weighted by Crippen LogP contribution is -2.29. The highest BCUT2D eigenvalue weighted by Gasteiger charge is 2.29. The van der Waals surface area contributed by atoms with Gasteiger partial charge in [-0.2, -0.15) is 0 Å². The monoisotopic (exact) mass is 301 g/mol. The highest BCUT2D eigenvalue weighted by atomic mass is 16.5. The summed E-state index contributed by atoms with van der Waals surface area (Å²) in [6.45, 7) is 6.64. The van der Waals surface area contributed by atoms with Crippen LogP contribution in [0.3, 0.4) is 0 Å². The molecule has 2 aromatic rings. The zero-order chi connectivity index (χ0) is 15.4. The fourth-order valence-electron chi connectivity index (χ4n) is 2.97. The van der Waals surface area contributed by atoms with Gasteiger partial charge in [0.05, 0.1) is 6.04 Å². The van der Waals surface area contributed by atoms with Crippen molar-refractivity contribution in [3.63, 3.8) is 0 Å². The molecule has 0 radical (unpaired) electrons. The van der Waals surface area contributed by atoms with Crippen molar-refractivity contribution in [2.24, 2.45) is 5.92 Å². The molecule has 3 heterocycles. The minimum atomic E-state index is 0.112. The van der Waals surface area contributed by atoms with Crippen molar-refractivity contribution in [2.45, 2.75) is 39.3 Å². The first-order chi connectivity index (χ1) is 10.8. The van der Waals surface area contributed by atoms with E-state index in [0.29, 0.717) is 11.9 Å². The third-order valence-corrected chi connectivity index (χ3v) is 4.18. The van der Waals surface area contributed by atoms with E-state index in [-0.39, 0.29) is 6.04 Å².